The largest absolute Gasteiger partial charge is 0.326 e. The Morgan fingerprint density at radius 1 is 1.56 bits per heavy atom. The molecule has 0 amide bonds. The van der Waals surface area contributed by atoms with E-state index in [1.54, 1.807) is 6.20 Å². The molecule has 0 aliphatic carbocycles. The highest BCUT2D eigenvalue weighted by molar-refractivity contribution is 5.10. The van der Waals surface area contributed by atoms with Crippen LogP contribution in [0, 0.1) is 11.7 Å². The summed E-state index contributed by atoms with van der Waals surface area (Å²) in [6.45, 7) is 4.85. The minimum absolute atomic E-state index is 0.232. The molecule has 0 spiro atoms. The predicted octanol–water partition coefficient (Wildman–Crippen LogP) is 1.39. The zero-order valence-electron chi connectivity index (χ0n) is 9.56. The molecule has 2 N–H and O–H groups in total. The van der Waals surface area contributed by atoms with Crippen LogP contribution >= 0.6 is 0 Å². The van der Waals surface area contributed by atoms with E-state index in [2.05, 4.69) is 16.8 Å². The van der Waals surface area contributed by atoms with Crippen LogP contribution in [-0.2, 0) is 6.54 Å². The molecule has 1 saturated heterocycles. The molecule has 2 rings (SSSR count). The molecule has 4 heteroatoms. The molecule has 88 valence electrons. The molecule has 1 fully saturated rings. The van der Waals surface area contributed by atoms with Crippen molar-refractivity contribution >= 4 is 0 Å². The lowest BCUT2D eigenvalue weighted by Gasteiger charge is -2.34. The van der Waals surface area contributed by atoms with E-state index in [4.69, 9.17) is 5.73 Å². The highest BCUT2D eigenvalue weighted by Gasteiger charge is 2.22. The predicted molar refractivity (Wildman–Crippen MR) is 61.2 cm³/mol. The van der Waals surface area contributed by atoms with Crippen LogP contribution in [0.25, 0.3) is 0 Å². The van der Waals surface area contributed by atoms with Gasteiger partial charge in [0.05, 0.1) is 6.20 Å². The Kier molecular flexibility index (Phi) is 3.51. The van der Waals surface area contributed by atoms with Crippen LogP contribution in [-0.4, -0.2) is 29.0 Å². The van der Waals surface area contributed by atoms with E-state index in [9.17, 15) is 4.39 Å². The average Bonchev–Trinajstić information content (AvgIpc) is 2.24. The van der Waals surface area contributed by atoms with Gasteiger partial charge < -0.3 is 5.73 Å². The van der Waals surface area contributed by atoms with E-state index in [-0.39, 0.29) is 11.9 Å². The lowest BCUT2D eigenvalue weighted by Crippen LogP contribution is -2.47. The Morgan fingerprint density at radius 2 is 2.38 bits per heavy atom. The first-order valence-corrected chi connectivity index (χ1v) is 5.72. The summed E-state index contributed by atoms with van der Waals surface area (Å²) in [6.07, 6.45) is 4.06. The Hall–Kier alpha value is -1.00. The maximum absolute atomic E-state index is 13.0. The Balaban J connectivity index is 1.95. The third kappa shape index (κ3) is 2.77. The van der Waals surface area contributed by atoms with Crippen molar-refractivity contribution in [1.82, 2.24) is 9.88 Å². The number of hydrogen-bond donors (Lipinski definition) is 1. The minimum atomic E-state index is -0.271. The number of rotatable bonds is 2. The molecule has 0 saturated carbocycles. The molecule has 1 aromatic heterocycles. The summed E-state index contributed by atoms with van der Waals surface area (Å²) < 4.78 is 13.0. The van der Waals surface area contributed by atoms with Gasteiger partial charge in [-0.2, -0.15) is 0 Å². The van der Waals surface area contributed by atoms with Crippen LogP contribution in [0.1, 0.15) is 18.9 Å². The second kappa shape index (κ2) is 4.89. The van der Waals surface area contributed by atoms with E-state index in [1.165, 1.54) is 12.3 Å². The van der Waals surface area contributed by atoms with E-state index >= 15 is 0 Å². The number of piperidine rings is 1. The summed E-state index contributed by atoms with van der Waals surface area (Å²) in [5.74, 6) is 0.314. The molecule has 2 heterocycles. The zero-order chi connectivity index (χ0) is 11.5. The van der Waals surface area contributed by atoms with Crippen molar-refractivity contribution in [3.8, 4) is 0 Å². The Labute approximate surface area is 95.5 Å². The molecule has 0 aromatic carbocycles. The standard InChI is InChI=1S/C12H18FN3/c1-9-2-3-16(8-12(9)14)7-10-4-11(13)6-15-5-10/h4-6,9,12H,2-3,7-8,14H2,1H3. The van der Waals surface area contributed by atoms with Gasteiger partial charge in [0, 0.05) is 25.3 Å². The van der Waals surface area contributed by atoms with Gasteiger partial charge in [0.15, 0.2) is 0 Å². The smallest absolute Gasteiger partial charge is 0.141 e. The summed E-state index contributed by atoms with van der Waals surface area (Å²) in [6, 6.07) is 1.77. The molecule has 1 aliphatic heterocycles. The van der Waals surface area contributed by atoms with Crippen molar-refractivity contribution in [3.63, 3.8) is 0 Å². The third-order valence-corrected chi connectivity index (χ3v) is 3.27. The normalized spacial score (nSPS) is 26.9. The highest BCUT2D eigenvalue weighted by atomic mass is 19.1. The summed E-state index contributed by atoms with van der Waals surface area (Å²) in [4.78, 5) is 6.12. The third-order valence-electron chi connectivity index (χ3n) is 3.27. The number of hydrogen-bond acceptors (Lipinski definition) is 3. The minimum Gasteiger partial charge on any atom is -0.326 e. The van der Waals surface area contributed by atoms with Gasteiger partial charge >= 0.3 is 0 Å². The Morgan fingerprint density at radius 3 is 3.06 bits per heavy atom. The molecule has 3 nitrogen and oxygen atoms in total. The van der Waals surface area contributed by atoms with Gasteiger partial charge in [0.2, 0.25) is 0 Å². The van der Waals surface area contributed by atoms with Gasteiger partial charge in [0.1, 0.15) is 5.82 Å². The SMILES string of the molecule is CC1CCN(Cc2cncc(F)c2)CC1N. The second-order valence-corrected chi connectivity index (χ2v) is 4.68. The second-order valence-electron chi connectivity index (χ2n) is 4.68. The highest BCUT2D eigenvalue weighted by Crippen LogP contribution is 2.17. The van der Waals surface area contributed by atoms with Crippen molar-refractivity contribution in [2.45, 2.75) is 25.9 Å². The molecule has 2 atom stereocenters. The first-order chi connectivity index (χ1) is 7.65. The molecule has 1 aliphatic rings. The van der Waals surface area contributed by atoms with E-state index in [0.717, 1.165) is 31.6 Å². The number of likely N-dealkylation sites (tertiary alicyclic amines) is 1. The van der Waals surface area contributed by atoms with Gasteiger partial charge in [-0.05, 0) is 30.5 Å². The van der Waals surface area contributed by atoms with Crippen LogP contribution in [0.15, 0.2) is 18.5 Å². The van der Waals surface area contributed by atoms with Crippen LogP contribution in [0.2, 0.25) is 0 Å². The molecular weight excluding hydrogens is 205 g/mol. The first kappa shape index (κ1) is 11.5. The number of aromatic nitrogens is 1. The average molecular weight is 223 g/mol. The van der Waals surface area contributed by atoms with E-state index in [0.29, 0.717) is 5.92 Å². The van der Waals surface area contributed by atoms with Crippen molar-refractivity contribution < 1.29 is 4.39 Å². The summed E-state index contributed by atoms with van der Waals surface area (Å²) in [7, 11) is 0. The van der Waals surface area contributed by atoms with Crippen molar-refractivity contribution in [2.24, 2.45) is 11.7 Å². The number of nitrogens with zero attached hydrogens (tertiary/aromatic N) is 2. The van der Waals surface area contributed by atoms with Crippen LogP contribution in [0.3, 0.4) is 0 Å². The molecule has 16 heavy (non-hydrogen) atoms. The zero-order valence-corrected chi connectivity index (χ0v) is 9.56. The number of nitrogens with two attached hydrogens (primary N) is 1. The summed E-state index contributed by atoms with van der Waals surface area (Å²) >= 11 is 0. The van der Waals surface area contributed by atoms with E-state index < -0.39 is 0 Å². The molecule has 1 aromatic rings. The molecule has 2 unspecified atom stereocenters. The van der Waals surface area contributed by atoms with Crippen LogP contribution in [0.4, 0.5) is 4.39 Å². The van der Waals surface area contributed by atoms with Crippen LogP contribution < -0.4 is 5.73 Å². The quantitative estimate of drug-likeness (QED) is 0.824. The molecule has 0 radical (unpaired) electrons. The first-order valence-electron chi connectivity index (χ1n) is 5.72. The lowest BCUT2D eigenvalue weighted by molar-refractivity contribution is 0.162. The van der Waals surface area contributed by atoms with Gasteiger partial charge in [-0.25, -0.2) is 4.39 Å². The molecular formula is C12H18FN3. The van der Waals surface area contributed by atoms with Gasteiger partial charge in [-0.1, -0.05) is 6.92 Å². The summed E-state index contributed by atoms with van der Waals surface area (Å²) in [5, 5.41) is 0. The van der Waals surface area contributed by atoms with E-state index in [1.807, 2.05) is 0 Å². The van der Waals surface area contributed by atoms with Gasteiger partial charge in [-0.15, -0.1) is 0 Å². The lowest BCUT2D eigenvalue weighted by atomic mass is 9.94. The van der Waals surface area contributed by atoms with Crippen molar-refractivity contribution in [2.75, 3.05) is 13.1 Å². The van der Waals surface area contributed by atoms with Crippen LogP contribution in [0.5, 0.6) is 0 Å². The van der Waals surface area contributed by atoms with Crippen molar-refractivity contribution in [3.05, 3.63) is 29.8 Å². The Bertz CT molecular complexity index is 356. The maximum atomic E-state index is 13.0. The summed E-state index contributed by atoms with van der Waals surface area (Å²) in [5.41, 5.74) is 6.94. The van der Waals surface area contributed by atoms with Crippen molar-refractivity contribution in [1.29, 1.82) is 0 Å². The number of halogens is 1. The monoisotopic (exact) mass is 223 g/mol. The fraction of sp³-hybridized carbons (Fsp3) is 0.583. The number of pyridine rings is 1. The van der Waals surface area contributed by atoms with Gasteiger partial charge in [-0.3, -0.25) is 9.88 Å². The maximum Gasteiger partial charge on any atom is 0.141 e. The molecule has 0 bridgehead atoms. The van der Waals surface area contributed by atoms with Gasteiger partial charge in [0.25, 0.3) is 0 Å². The fourth-order valence-corrected chi connectivity index (χ4v) is 2.11. The topological polar surface area (TPSA) is 42.2 Å². The fourth-order valence-electron chi connectivity index (χ4n) is 2.11.